The van der Waals surface area contributed by atoms with Crippen LogP contribution in [0.15, 0.2) is 45.9 Å². The minimum Gasteiger partial charge on any atom is -0.493 e. The number of methoxy groups -OCH3 is 2. The highest BCUT2D eigenvalue weighted by molar-refractivity contribution is 9.10. The normalized spacial score (nSPS) is 11.2. The molecule has 5 nitrogen and oxygen atoms in total. The van der Waals surface area contributed by atoms with Crippen LogP contribution in [0.1, 0.15) is 11.1 Å². The number of hydrogen-bond donors (Lipinski definition) is 2. The molecule has 0 aliphatic heterocycles. The second kappa shape index (κ2) is 9.53. The van der Waals surface area contributed by atoms with E-state index in [9.17, 15) is 0 Å². The minimum atomic E-state index is 0.581. The predicted molar refractivity (Wildman–Crippen MR) is 106 cm³/mol. The molecule has 0 saturated carbocycles. The summed E-state index contributed by atoms with van der Waals surface area (Å²) in [5.74, 6) is 2.10. The molecule has 25 heavy (non-hydrogen) atoms. The molecule has 0 aliphatic carbocycles. The van der Waals surface area contributed by atoms with Crippen molar-refractivity contribution in [1.29, 1.82) is 0 Å². The first-order chi connectivity index (χ1) is 12.1. The van der Waals surface area contributed by atoms with Gasteiger partial charge in [-0.3, -0.25) is 4.99 Å². The Hall–Kier alpha value is -1.92. The number of hydrogen-bond acceptors (Lipinski definition) is 3. The van der Waals surface area contributed by atoms with Gasteiger partial charge in [0.25, 0.3) is 0 Å². The maximum absolute atomic E-state index is 6.24. The first kappa shape index (κ1) is 19.4. The van der Waals surface area contributed by atoms with E-state index in [1.807, 2.05) is 36.4 Å². The van der Waals surface area contributed by atoms with Crippen LogP contribution in [-0.4, -0.2) is 27.2 Å². The van der Waals surface area contributed by atoms with E-state index in [0.717, 1.165) is 15.6 Å². The Morgan fingerprint density at radius 3 is 2.40 bits per heavy atom. The van der Waals surface area contributed by atoms with Crippen molar-refractivity contribution in [1.82, 2.24) is 10.6 Å². The lowest BCUT2D eigenvalue weighted by Crippen LogP contribution is -2.36. The molecule has 0 bridgehead atoms. The molecule has 0 amide bonds. The number of rotatable bonds is 6. The Kier molecular flexibility index (Phi) is 7.40. The zero-order chi connectivity index (χ0) is 18.2. The van der Waals surface area contributed by atoms with Crippen LogP contribution in [0.25, 0.3) is 0 Å². The summed E-state index contributed by atoms with van der Waals surface area (Å²) in [5.41, 5.74) is 2.06. The maximum Gasteiger partial charge on any atom is 0.191 e. The summed E-state index contributed by atoms with van der Waals surface area (Å²) >= 11 is 9.64. The molecule has 0 saturated heterocycles. The van der Waals surface area contributed by atoms with Gasteiger partial charge in [-0.05, 0) is 35.4 Å². The Bertz CT molecular complexity index is 753. The molecule has 2 N–H and O–H groups in total. The van der Waals surface area contributed by atoms with Gasteiger partial charge in [0.2, 0.25) is 0 Å². The quantitative estimate of drug-likeness (QED) is 0.542. The van der Waals surface area contributed by atoms with Crippen molar-refractivity contribution in [3.63, 3.8) is 0 Å². The Morgan fingerprint density at radius 1 is 1.04 bits per heavy atom. The van der Waals surface area contributed by atoms with Gasteiger partial charge < -0.3 is 20.1 Å². The average molecular weight is 427 g/mol. The highest BCUT2D eigenvalue weighted by Crippen LogP contribution is 2.27. The van der Waals surface area contributed by atoms with Crippen LogP contribution >= 0.6 is 27.5 Å². The van der Waals surface area contributed by atoms with Gasteiger partial charge in [-0.25, -0.2) is 0 Å². The third kappa shape index (κ3) is 5.54. The van der Waals surface area contributed by atoms with Gasteiger partial charge in [0.15, 0.2) is 17.5 Å². The van der Waals surface area contributed by atoms with Crippen molar-refractivity contribution in [2.45, 2.75) is 13.1 Å². The number of ether oxygens (including phenoxy) is 2. The molecule has 2 rings (SSSR count). The number of guanidine groups is 1. The molecule has 0 atom stereocenters. The fourth-order valence-corrected chi connectivity index (χ4v) is 2.98. The third-order valence-electron chi connectivity index (χ3n) is 3.59. The van der Waals surface area contributed by atoms with Crippen LogP contribution in [-0.2, 0) is 13.1 Å². The smallest absolute Gasteiger partial charge is 0.191 e. The first-order valence-electron chi connectivity index (χ1n) is 7.66. The molecule has 0 spiro atoms. The van der Waals surface area contributed by atoms with Crippen molar-refractivity contribution >= 4 is 33.5 Å². The SMILES string of the molecule is CN=C(NCc1ccc(OC)c(OC)c1)NCc1ccc(Br)cc1Cl. The molecule has 0 radical (unpaired) electrons. The van der Waals surface area contributed by atoms with Gasteiger partial charge in [0.05, 0.1) is 14.2 Å². The molecule has 0 fully saturated rings. The third-order valence-corrected chi connectivity index (χ3v) is 4.44. The largest absolute Gasteiger partial charge is 0.493 e. The average Bonchev–Trinajstić information content (AvgIpc) is 2.62. The van der Waals surface area contributed by atoms with Gasteiger partial charge in [-0.15, -0.1) is 0 Å². The zero-order valence-corrected chi connectivity index (χ0v) is 16.7. The standard InChI is InChI=1S/C18H21BrClN3O2/c1-21-18(23-11-13-5-6-14(19)9-15(13)20)22-10-12-4-7-16(24-2)17(8-12)25-3/h4-9H,10-11H2,1-3H3,(H2,21,22,23). The van der Waals surface area contributed by atoms with E-state index in [2.05, 4.69) is 31.6 Å². The fraction of sp³-hybridized carbons (Fsp3) is 0.278. The van der Waals surface area contributed by atoms with Crippen molar-refractivity contribution in [3.8, 4) is 11.5 Å². The number of benzene rings is 2. The van der Waals surface area contributed by atoms with Crippen LogP contribution in [0, 0.1) is 0 Å². The van der Waals surface area contributed by atoms with Gasteiger partial charge in [-0.1, -0.05) is 39.7 Å². The van der Waals surface area contributed by atoms with Crippen molar-refractivity contribution < 1.29 is 9.47 Å². The van der Waals surface area contributed by atoms with Crippen LogP contribution in [0.4, 0.5) is 0 Å². The number of halogens is 2. The van der Waals surface area contributed by atoms with E-state index < -0.39 is 0 Å². The number of nitrogens with one attached hydrogen (secondary N) is 2. The number of nitrogens with zero attached hydrogens (tertiary/aromatic N) is 1. The lowest BCUT2D eigenvalue weighted by molar-refractivity contribution is 0.354. The van der Waals surface area contributed by atoms with Crippen LogP contribution in [0.2, 0.25) is 5.02 Å². The van der Waals surface area contributed by atoms with E-state index in [-0.39, 0.29) is 0 Å². The van der Waals surface area contributed by atoms with E-state index in [4.69, 9.17) is 21.1 Å². The van der Waals surface area contributed by atoms with Gasteiger partial charge in [0.1, 0.15) is 0 Å². The molecular formula is C18H21BrClN3O2. The molecule has 0 aromatic heterocycles. The molecule has 0 heterocycles. The highest BCUT2D eigenvalue weighted by Gasteiger charge is 2.06. The van der Waals surface area contributed by atoms with Crippen molar-refractivity contribution in [2.75, 3.05) is 21.3 Å². The monoisotopic (exact) mass is 425 g/mol. The van der Waals surface area contributed by atoms with Gasteiger partial charge in [0, 0.05) is 29.6 Å². The summed E-state index contributed by atoms with van der Waals surface area (Å²) < 4.78 is 11.5. The molecule has 0 aliphatic rings. The minimum absolute atomic E-state index is 0.581. The topological polar surface area (TPSA) is 54.9 Å². The molecule has 2 aromatic rings. The van der Waals surface area contributed by atoms with Crippen LogP contribution in [0.5, 0.6) is 11.5 Å². The molecule has 7 heteroatoms. The Balaban J connectivity index is 1.94. The van der Waals surface area contributed by atoms with Crippen LogP contribution in [0.3, 0.4) is 0 Å². The Labute approximate surface area is 161 Å². The van der Waals surface area contributed by atoms with E-state index in [1.54, 1.807) is 21.3 Å². The van der Waals surface area contributed by atoms with Crippen molar-refractivity contribution in [2.24, 2.45) is 4.99 Å². The summed E-state index contributed by atoms with van der Waals surface area (Å²) in [5, 5.41) is 7.22. The lowest BCUT2D eigenvalue weighted by atomic mass is 10.2. The van der Waals surface area contributed by atoms with E-state index in [0.29, 0.717) is 35.6 Å². The number of aliphatic imine (C=N–C) groups is 1. The molecule has 2 aromatic carbocycles. The summed E-state index contributed by atoms with van der Waals surface area (Å²) in [6.07, 6.45) is 0. The predicted octanol–water partition coefficient (Wildman–Crippen LogP) is 3.98. The highest BCUT2D eigenvalue weighted by atomic mass is 79.9. The fourth-order valence-electron chi connectivity index (χ4n) is 2.24. The first-order valence-corrected chi connectivity index (χ1v) is 8.83. The second-order valence-electron chi connectivity index (χ2n) is 5.20. The van der Waals surface area contributed by atoms with Crippen LogP contribution < -0.4 is 20.1 Å². The molecular weight excluding hydrogens is 406 g/mol. The van der Waals surface area contributed by atoms with Gasteiger partial charge in [-0.2, -0.15) is 0 Å². The summed E-state index contributed by atoms with van der Waals surface area (Å²) in [6, 6.07) is 11.6. The van der Waals surface area contributed by atoms with Gasteiger partial charge >= 0.3 is 0 Å². The summed E-state index contributed by atoms with van der Waals surface area (Å²) in [7, 11) is 4.97. The summed E-state index contributed by atoms with van der Waals surface area (Å²) in [4.78, 5) is 4.23. The van der Waals surface area contributed by atoms with E-state index >= 15 is 0 Å². The zero-order valence-electron chi connectivity index (χ0n) is 14.4. The maximum atomic E-state index is 6.24. The van der Waals surface area contributed by atoms with E-state index in [1.165, 1.54) is 0 Å². The molecule has 134 valence electrons. The lowest BCUT2D eigenvalue weighted by Gasteiger charge is -2.14. The summed E-state index contributed by atoms with van der Waals surface area (Å²) in [6.45, 7) is 1.19. The Morgan fingerprint density at radius 2 is 1.76 bits per heavy atom. The van der Waals surface area contributed by atoms with Crippen molar-refractivity contribution in [3.05, 3.63) is 57.0 Å². The second-order valence-corrected chi connectivity index (χ2v) is 6.53. The molecule has 0 unspecified atom stereocenters.